The van der Waals surface area contributed by atoms with E-state index in [1.165, 1.54) is 0 Å². The minimum absolute atomic E-state index is 0.153. The zero-order chi connectivity index (χ0) is 14.4. The number of furan rings is 1. The van der Waals surface area contributed by atoms with E-state index >= 15 is 0 Å². The summed E-state index contributed by atoms with van der Waals surface area (Å²) in [6.45, 7) is 1.53. The summed E-state index contributed by atoms with van der Waals surface area (Å²) in [5.74, 6) is 4.10. The lowest BCUT2D eigenvalue weighted by Gasteiger charge is -2.05. The predicted molar refractivity (Wildman–Crippen MR) is 83.5 cm³/mol. The molecule has 0 atom stereocenters. The summed E-state index contributed by atoms with van der Waals surface area (Å²) in [4.78, 5) is 13.3. The van der Waals surface area contributed by atoms with E-state index in [0.717, 1.165) is 41.3 Å². The monoisotopic (exact) mass is 314 g/mol. The van der Waals surface area contributed by atoms with Gasteiger partial charge in [-0.15, -0.1) is 0 Å². The van der Waals surface area contributed by atoms with Crippen LogP contribution in [0.15, 0.2) is 21.3 Å². The van der Waals surface area contributed by atoms with Crippen molar-refractivity contribution in [1.82, 2.24) is 13.6 Å². The van der Waals surface area contributed by atoms with E-state index in [9.17, 15) is 4.79 Å². The normalized spacial score (nSPS) is 11.2. The van der Waals surface area contributed by atoms with Crippen LogP contribution in [-0.2, 0) is 12.3 Å². The molecule has 0 radical (unpaired) electrons. The van der Waals surface area contributed by atoms with Gasteiger partial charge in [-0.25, -0.2) is 0 Å². The highest BCUT2D eigenvalue weighted by molar-refractivity contribution is 7.98. The third kappa shape index (κ3) is 4.69. The SMILES string of the molecule is CN(C)Cc1ccc(CSCCNc2ns[nH]c2=O)o1. The Labute approximate surface area is 125 Å². The average Bonchev–Trinajstić information content (AvgIpc) is 2.98. The van der Waals surface area contributed by atoms with Crippen LogP contribution in [0.1, 0.15) is 11.5 Å². The van der Waals surface area contributed by atoms with Gasteiger partial charge in [0.1, 0.15) is 11.5 Å². The van der Waals surface area contributed by atoms with Gasteiger partial charge in [0.15, 0.2) is 0 Å². The molecule has 0 aliphatic carbocycles. The summed E-state index contributed by atoms with van der Waals surface area (Å²) in [6, 6.07) is 4.04. The Hall–Kier alpha value is -1.25. The van der Waals surface area contributed by atoms with Gasteiger partial charge in [-0.3, -0.25) is 9.17 Å². The lowest BCUT2D eigenvalue weighted by molar-refractivity contribution is 0.344. The smallest absolute Gasteiger partial charge is 0.302 e. The lowest BCUT2D eigenvalue weighted by atomic mass is 10.4. The first-order valence-electron chi connectivity index (χ1n) is 6.23. The van der Waals surface area contributed by atoms with Gasteiger partial charge < -0.3 is 14.6 Å². The van der Waals surface area contributed by atoms with Crippen molar-refractivity contribution in [2.24, 2.45) is 0 Å². The standard InChI is InChI=1S/C12H18N4O2S2/c1-16(2)7-9-3-4-10(18-9)8-19-6-5-13-11-12(17)15-20-14-11/h3-4H,5-8H2,1-2H3,(H,13,14)(H,15,17). The van der Waals surface area contributed by atoms with Crippen LogP contribution in [0, 0.1) is 0 Å². The molecule has 0 unspecified atom stereocenters. The fourth-order valence-electron chi connectivity index (χ4n) is 1.62. The van der Waals surface area contributed by atoms with Gasteiger partial charge in [-0.05, 0) is 26.2 Å². The van der Waals surface area contributed by atoms with Crippen LogP contribution in [0.5, 0.6) is 0 Å². The molecular weight excluding hydrogens is 296 g/mol. The molecule has 2 heterocycles. The van der Waals surface area contributed by atoms with Gasteiger partial charge in [0.05, 0.1) is 12.3 Å². The van der Waals surface area contributed by atoms with Crippen LogP contribution in [-0.4, -0.2) is 40.0 Å². The van der Waals surface area contributed by atoms with Crippen molar-refractivity contribution in [3.63, 3.8) is 0 Å². The van der Waals surface area contributed by atoms with Crippen molar-refractivity contribution in [2.75, 3.05) is 31.7 Å². The number of H-pyrrole nitrogens is 1. The molecule has 0 aromatic carbocycles. The van der Waals surface area contributed by atoms with E-state index in [1.54, 1.807) is 11.8 Å². The van der Waals surface area contributed by atoms with Crippen molar-refractivity contribution in [3.05, 3.63) is 34.0 Å². The number of thioether (sulfide) groups is 1. The van der Waals surface area contributed by atoms with Gasteiger partial charge in [-0.1, -0.05) is 0 Å². The maximum absolute atomic E-state index is 11.2. The number of anilines is 1. The third-order valence-electron chi connectivity index (χ3n) is 2.46. The first-order chi connectivity index (χ1) is 9.65. The minimum Gasteiger partial charge on any atom is -0.464 e. The Morgan fingerprint density at radius 3 is 2.95 bits per heavy atom. The molecule has 0 saturated carbocycles. The van der Waals surface area contributed by atoms with Crippen LogP contribution >= 0.6 is 23.5 Å². The zero-order valence-electron chi connectivity index (χ0n) is 11.5. The van der Waals surface area contributed by atoms with Gasteiger partial charge in [0.25, 0.3) is 0 Å². The van der Waals surface area contributed by atoms with E-state index in [1.807, 2.05) is 26.2 Å². The van der Waals surface area contributed by atoms with Crippen LogP contribution in [0.4, 0.5) is 5.82 Å². The fourth-order valence-corrected chi connectivity index (χ4v) is 2.83. The summed E-state index contributed by atoms with van der Waals surface area (Å²) < 4.78 is 12.2. The topological polar surface area (TPSA) is 74.2 Å². The Kier molecular flexibility index (Phi) is 5.69. The molecule has 0 bridgehead atoms. The highest BCUT2D eigenvalue weighted by atomic mass is 32.2. The van der Waals surface area contributed by atoms with Crippen molar-refractivity contribution >= 4 is 29.3 Å². The van der Waals surface area contributed by atoms with Crippen LogP contribution in [0.3, 0.4) is 0 Å². The molecule has 0 aliphatic heterocycles. The molecule has 0 fully saturated rings. The van der Waals surface area contributed by atoms with E-state index in [2.05, 4.69) is 19.0 Å². The molecule has 2 N–H and O–H groups in total. The average molecular weight is 314 g/mol. The Morgan fingerprint density at radius 2 is 2.25 bits per heavy atom. The Morgan fingerprint density at radius 1 is 1.45 bits per heavy atom. The number of hydrogen-bond donors (Lipinski definition) is 2. The molecule has 2 aromatic heterocycles. The summed E-state index contributed by atoms with van der Waals surface area (Å²) in [7, 11) is 4.03. The Balaban J connectivity index is 1.65. The second kappa shape index (κ2) is 7.51. The van der Waals surface area contributed by atoms with Crippen LogP contribution in [0.2, 0.25) is 0 Å². The number of aromatic nitrogens is 2. The van der Waals surface area contributed by atoms with Crippen LogP contribution in [0.25, 0.3) is 0 Å². The van der Waals surface area contributed by atoms with E-state index in [0.29, 0.717) is 12.4 Å². The molecule has 2 aromatic rings. The van der Waals surface area contributed by atoms with Crippen molar-refractivity contribution in [3.8, 4) is 0 Å². The summed E-state index contributed by atoms with van der Waals surface area (Å²) in [6.07, 6.45) is 0. The fraction of sp³-hybridized carbons (Fsp3) is 0.500. The molecule has 0 amide bonds. The largest absolute Gasteiger partial charge is 0.464 e. The molecule has 110 valence electrons. The van der Waals surface area contributed by atoms with Gasteiger partial charge in [-0.2, -0.15) is 16.1 Å². The second-order valence-corrected chi connectivity index (χ2v) is 6.22. The maximum Gasteiger partial charge on any atom is 0.302 e. The zero-order valence-corrected chi connectivity index (χ0v) is 13.1. The van der Waals surface area contributed by atoms with Crippen molar-refractivity contribution in [2.45, 2.75) is 12.3 Å². The minimum atomic E-state index is -0.153. The number of nitrogens with zero attached hydrogens (tertiary/aromatic N) is 2. The maximum atomic E-state index is 11.2. The highest BCUT2D eigenvalue weighted by Crippen LogP contribution is 2.16. The van der Waals surface area contributed by atoms with Crippen LogP contribution < -0.4 is 10.9 Å². The number of nitrogens with one attached hydrogen (secondary N) is 2. The van der Waals surface area contributed by atoms with Gasteiger partial charge in [0, 0.05) is 24.0 Å². The lowest BCUT2D eigenvalue weighted by Crippen LogP contribution is -2.12. The first-order valence-corrected chi connectivity index (χ1v) is 8.16. The quantitative estimate of drug-likeness (QED) is 0.724. The van der Waals surface area contributed by atoms with Gasteiger partial charge >= 0.3 is 5.56 Å². The molecular formula is C12H18N4O2S2. The molecule has 2 rings (SSSR count). The highest BCUT2D eigenvalue weighted by Gasteiger charge is 2.04. The van der Waals surface area contributed by atoms with Crippen molar-refractivity contribution < 1.29 is 4.42 Å². The number of hydrogen-bond acceptors (Lipinski definition) is 7. The predicted octanol–water partition coefficient (Wildman–Crippen LogP) is 1.83. The van der Waals surface area contributed by atoms with Crippen molar-refractivity contribution in [1.29, 1.82) is 0 Å². The summed E-state index contributed by atoms with van der Waals surface area (Å²) in [5, 5.41) is 3.01. The summed E-state index contributed by atoms with van der Waals surface area (Å²) >= 11 is 2.82. The molecule has 20 heavy (non-hydrogen) atoms. The number of rotatable bonds is 8. The molecule has 0 spiro atoms. The molecule has 0 saturated heterocycles. The molecule has 8 heteroatoms. The number of aromatic amines is 1. The van der Waals surface area contributed by atoms with Gasteiger partial charge in [0.2, 0.25) is 5.82 Å². The third-order valence-corrected chi connectivity index (χ3v) is 3.99. The second-order valence-electron chi connectivity index (χ2n) is 4.55. The first kappa shape index (κ1) is 15.1. The van der Waals surface area contributed by atoms with E-state index in [-0.39, 0.29) is 5.56 Å². The Bertz CT molecular complexity index is 576. The van der Waals surface area contributed by atoms with E-state index < -0.39 is 0 Å². The summed E-state index contributed by atoms with van der Waals surface area (Å²) in [5.41, 5.74) is -0.153. The van der Waals surface area contributed by atoms with E-state index in [4.69, 9.17) is 4.42 Å². The molecule has 6 nitrogen and oxygen atoms in total. The molecule has 0 aliphatic rings.